The first-order chi connectivity index (χ1) is 7.02. The van der Waals surface area contributed by atoms with Gasteiger partial charge in [-0.15, -0.1) is 0 Å². The number of aliphatic hydroxyl groups is 1. The Labute approximate surface area is 85.9 Å². The SMILES string of the molecule is CC(=O)Oc1ccccc1C(O)C(=O)O. The molecule has 0 aromatic heterocycles. The minimum Gasteiger partial charge on any atom is -0.479 e. The van der Waals surface area contributed by atoms with Gasteiger partial charge in [-0.2, -0.15) is 0 Å². The number of carbonyl (C=O) groups is 2. The number of hydrogen-bond acceptors (Lipinski definition) is 4. The second kappa shape index (κ2) is 4.56. The van der Waals surface area contributed by atoms with Gasteiger partial charge in [0.05, 0.1) is 0 Å². The molecule has 2 N–H and O–H groups in total. The molecule has 1 aromatic carbocycles. The minimum absolute atomic E-state index is 0.0555. The van der Waals surface area contributed by atoms with Crippen molar-refractivity contribution in [1.29, 1.82) is 0 Å². The Bertz CT molecular complexity index is 385. The quantitative estimate of drug-likeness (QED) is 0.567. The van der Waals surface area contributed by atoms with E-state index in [0.29, 0.717) is 0 Å². The second-order valence-corrected chi connectivity index (χ2v) is 2.87. The molecule has 0 spiro atoms. The van der Waals surface area contributed by atoms with E-state index in [0.717, 1.165) is 0 Å². The summed E-state index contributed by atoms with van der Waals surface area (Å²) in [4.78, 5) is 21.3. The van der Waals surface area contributed by atoms with Crippen LogP contribution in [-0.2, 0) is 9.59 Å². The molecule has 0 heterocycles. The van der Waals surface area contributed by atoms with Crippen molar-refractivity contribution in [2.45, 2.75) is 13.0 Å². The number of rotatable bonds is 3. The van der Waals surface area contributed by atoms with E-state index in [2.05, 4.69) is 0 Å². The van der Waals surface area contributed by atoms with E-state index in [1.807, 2.05) is 0 Å². The lowest BCUT2D eigenvalue weighted by Gasteiger charge is -2.10. The average Bonchev–Trinajstić information content (AvgIpc) is 2.16. The first kappa shape index (κ1) is 11.2. The van der Waals surface area contributed by atoms with Crippen LogP contribution in [0.15, 0.2) is 24.3 Å². The summed E-state index contributed by atoms with van der Waals surface area (Å²) in [5, 5.41) is 17.9. The molecule has 0 aliphatic heterocycles. The Balaban J connectivity index is 3.05. The number of carboxylic acids is 1. The monoisotopic (exact) mass is 210 g/mol. The molecule has 0 saturated carbocycles. The fraction of sp³-hybridized carbons (Fsp3) is 0.200. The highest BCUT2D eigenvalue weighted by molar-refractivity contribution is 5.76. The Morgan fingerprint density at radius 1 is 1.33 bits per heavy atom. The number of hydrogen-bond donors (Lipinski definition) is 2. The van der Waals surface area contributed by atoms with Gasteiger partial charge in [0.25, 0.3) is 0 Å². The van der Waals surface area contributed by atoms with Gasteiger partial charge in [-0.3, -0.25) is 4.79 Å². The Hall–Kier alpha value is -1.88. The summed E-state index contributed by atoms with van der Waals surface area (Å²) >= 11 is 0. The van der Waals surface area contributed by atoms with E-state index in [1.165, 1.54) is 19.1 Å². The highest BCUT2D eigenvalue weighted by atomic mass is 16.5. The van der Waals surface area contributed by atoms with Crippen molar-refractivity contribution < 1.29 is 24.5 Å². The third-order valence-corrected chi connectivity index (χ3v) is 1.70. The fourth-order valence-electron chi connectivity index (χ4n) is 1.09. The van der Waals surface area contributed by atoms with Crippen molar-refractivity contribution in [2.24, 2.45) is 0 Å². The predicted octanol–water partition coefficient (Wildman–Crippen LogP) is 0.730. The number of para-hydroxylation sites is 1. The zero-order valence-electron chi connectivity index (χ0n) is 8.01. The lowest BCUT2D eigenvalue weighted by molar-refractivity contribution is -0.147. The van der Waals surface area contributed by atoms with Crippen LogP contribution in [0.4, 0.5) is 0 Å². The molecule has 1 unspecified atom stereocenters. The number of benzene rings is 1. The van der Waals surface area contributed by atoms with E-state index in [-0.39, 0.29) is 11.3 Å². The molecule has 5 heteroatoms. The Kier molecular flexibility index (Phi) is 3.41. The summed E-state index contributed by atoms with van der Waals surface area (Å²) < 4.78 is 4.75. The zero-order valence-corrected chi connectivity index (χ0v) is 8.01. The lowest BCUT2D eigenvalue weighted by atomic mass is 10.1. The molecular formula is C10H10O5. The van der Waals surface area contributed by atoms with Gasteiger partial charge in [-0.25, -0.2) is 4.79 Å². The summed E-state index contributed by atoms with van der Waals surface area (Å²) in [6, 6.07) is 5.94. The van der Waals surface area contributed by atoms with Gasteiger partial charge in [0.15, 0.2) is 6.10 Å². The molecule has 80 valence electrons. The van der Waals surface area contributed by atoms with Crippen LogP contribution in [0, 0.1) is 0 Å². The normalized spacial score (nSPS) is 11.9. The van der Waals surface area contributed by atoms with Crippen LogP contribution in [0.1, 0.15) is 18.6 Å². The molecule has 1 aromatic rings. The Morgan fingerprint density at radius 3 is 2.47 bits per heavy atom. The summed E-state index contributed by atoms with van der Waals surface area (Å²) in [6.07, 6.45) is -1.69. The average molecular weight is 210 g/mol. The van der Waals surface area contributed by atoms with Crippen molar-refractivity contribution in [3.63, 3.8) is 0 Å². The topological polar surface area (TPSA) is 83.8 Å². The number of aliphatic hydroxyl groups excluding tert-OH is 1. The fourth-order valence-corrected chi connectivity index (χ4v) is 1.09. The summed E-state index contributed by atoms with van der Waals surface area (Å²) in [5.74, 6) is -1.91. The van der Waals surface area contributed by atoms with Gasteiger partial charge in [-0.1, -0.05) is 18.2 Å². The van der Waals surface area contributed by atoms with E-state index in [1.54, 1.807) is 12.1 Å². The molecule has 1 atom stereocenters. The third-order valence-electron chi connectivity index (χ3n) is 1.70. The maximum absolute atomic E-state index is 10.7. The summed E-state index contributed by atoms with van der Waals surface area (Å²) in [6.45, 7) is 1.20. The summed E-state index contributed by atoms with van der Waals surface area (Å²) in [5.41, 5.74) is 0.0557. The van der Waals surface area contributed by atoms with Crippen LogP contribution in [0.5, 0.6) is 5.75 Å². The number of aliphatic carboxylic acids is 1. The van der Waals surface area contributed by atoms with Gasteiger partial charge in [0, 0.05) is 12.5 Å². The molecule has 0 radical (unpaired) electrons. The smallest absolute Gasteiger partial charge is 0.337 e. The van der Waals surface area contributed by atoms with E-state index < -0.39 is 18.0 Å². The maximum Gasteiger partial charge on any atom is 0.337 e. The van der Waals surface area contributed by atoms with Crippen molar-refractivity contribution in [3.05, 3.63) is 29.8 Å². The van der Waals surface area contributed by atoms with Gasteiger partial charge >= 0.3 is 11.9 Å². The van der Waals surface area contributed by atoms with Gasteiger partial charge in [0.2, 0.25) is 0 Å². The number of carboxylic acid groups (broad SMARTS) is 1. The molecule has 0 fully saturated rings. The third kappa shape index (κ3) is 2.78. The molecule has 1 rings (SSSR count). The first-order valence-corrected chi connectivity index (χ1v) is 4.20. The first-order valence-electron chi connectivity index (χ1n) is 4.20. The van der Waals surface area contributed by atoms with Gasteiger partial charge < -0.3 is 14.9 Å². The number of carbonyl (C=O) groups excluding carboxylic acids is 1. The van der Waals surface area contributed by atoms with Crippen LogP contribution in [0.2, 0.25) is 0 Å². The molecule has 5 nitrogen and oxygen atoms in total. The van der Waals surface area contributed by atoms with E-state index in [4.69, 9.17) is 9.84 Å². The van der Waals surface area contributed by atoms with Crippen LogP contribution in [0.3, 0.4) is 0 Å². The molecule has 0 saturated heterocycles. The van der Waals surface area contributed by atoms with Crippen molar-refractivity contribution >= 4 is 11.9 Å². The largest absolute Gasteiger partial charge is 0.479 e. The maximum atomic E-state index is 10.7. The molecule has 15 heavy (non-hydrogen) atoms. The molecule has 0 amide bonds. The van der Waals surface area contributed by atoms with Gasteiger partial charge in [0.1, 0.15) is 5.75 Å². The highest BCUT2D eigenvalue weighted by Crippen LogP contribution is 2.25. The highest BCUT2D eigenvalue weighted by Gasteiger charge is 2.20. The van der Waals surface area contributed by atoms with E-state index in [9.17, 15) is 14.7 Å². The van der Waals surface area contributed by atoms with Gasteiger partial charge in [-0.05, 0) is 6.07 Å². The lowest BCUT2D eigenvalue weighted by Crippen LogP contribution is -2.13. The molecular weight excluding hydrogens is 200 g/mol. The van der Waals surface area contributed by atoms with Crippen LogP contribution in [0.25, 0.3) is 0 Å². The number of esters is 1. The summed E-state index contributed by atoms with van der Waals surface area (Å²) in [7, 11) is 0. The van der Waals surface area contributed by atoms with Crippen molar-refractivity contribution in [1.82, 2.24) is 0 Å². The molecule has 0 aliphatic rings. The van der Waals surface area contributed by atoms with Crippen molar-refractivity contribution in [2.75, 3.05) is 0 Å². The second-order valence-electron chi connectivity index (χ2n) is 2.87. The Morgan fingerprint density at radius 2 is 1.93 bits per heavy atom. The molecule has 0 aliphatic carbocycles. The van der Waals surface area contributed by atoms with Crippen molar-refractivity contribution in [3.8, 4) is 5.75 Å². The molecule has 0 bridgehead atoms. The van der Waals surface area contributed by atoms with E-state index >= 15 is 0 Å². The van der Waals surface area contributed by atoms with Crippen LogP contribution < -0.4 is 4.74 Å². The zero-order chi connectivity index (χ0) is 11.4. The van der Waals surface area contributed by atoms with Crippen LogP contribution >= 0.6 is 0 Å². The minimum atomic E-state index is -1.69. The predicted molar refractivity (Wildman–Crippen MR) is 50.3 cm³/mol. The standard InChI is InChI=1S/C10H10O5/c1-6(11)15-8-5-3-2-4-7(8)9(12)10(13)14/h2-5,9,12H,1H3,(H,13,14). The van der Waals surface area contributed by atoms with Crippen LogP contribution in [-0.4, -0.2) is 22.2 Å². The number of ether oxygens (including phenoxy) is 1.